The van der Waals surface area contributed by atoms with Crippen molar-refractivity contribution in [2.24, 2.45) is 0 Å². The maximum Gasteiger partial charge on any atom is 0.123 e. The number of hydrogen-bond donors (Lipinski definition) is 1. The van der Waals surface area contributed by atoms with Crippen LogP contribution in [0.2, 0.25) is 0 Å². The summed E-state index contributed by atoms with van der Waals surface area (Å²) in [5.41, 5.74) is 2.96. The van der Waals surface area contributed by atoms with E-state index in [2.05, 4.69) is 65.1 Å². The lowest BCUT2D eigenvalue weighted by Gasteiger charge is -2.30. The predicted octanol–water partition coefficient (Wildman–Crippen LogP) is 4.41. The van der Waals surface area contributed by atoms with Gasteiger partial charge < -0.3 is 10.1 Å². The van der Waals surface area contributed by atoms with E-state index in [4.69, 9.17) is 4.74 Å². The van der Waals surface area contributed by atoms with Gasteiger partial charge in [0.25, 0.3) is 0 Å². The molecular weight excluding hydrogens is 258 g/mol. The Kier molecular flexibility index (Phi) is 4.67. The molecule has 0 saturated carbocycles. The summed E-state index contributed by atoms with van der Waals surface area (Å²) in [6.07, 6.45) is 2.66. The monoisotopic (exact) mass is 289 g/mol. The lowest BCUT2D eigenvalue weighted by Crippen LogP contribution is -2.37. The predicted molar refractivity (Wildman–Crippen MR) is 90.4 cm³/mol. The minimum absolute atomic E-state index is 0.0959. The fraction of sp³-hybridized carbons (Fsp3) is 0.684. The van der Waals surface area contributed by atoms with E-state index < -0.39 is 0 Å². The molecule has 0 unspecified atom stereocenters. The van der Waals surface area contributed by atoms with Gasteiger partial charge in [0.05, 0.1) is 0 Å². The van der Waals surface area contributed by atoms with E-state index in [0.717, 1.165) is 25.3 Å². The number of nitrogens with one attached hydrogen (secondary N) is 1. The van der Waals surface area contributed by atoms with Gasteiger partial charge in [-0.05, 0) is 47.4 Å². The van der Waals surface area contributed by atoms with Gasteiger partial charge in [-0.25, -0.2) is 0 Å². The molecule has 1 aliphatic rings. The van der Waals surface area contributed by atoms with Crippen LogP contribution in [-0.4, -0.2) is 19.2 Å². The van der Waals surface area contributed by atoms with Crippen LogP contribution in [0.4, 0.5) is 0 Å². The van der Waals surface area contributed by atoms with Gasteiger partial charge in [0.1, 0.15) is 11.9 Å². The molecule has 1 aromatic rings. The molecule has 0 spiro atoms. The van der Waals surface area contributed by atoms with Crippen LogP contribution in [0.1, 0.15) is 65.5 Å². The molecule has 0 aromatic heterocycles. The fourth-order valence-electron chi connectivity index (χ4n) is 2.79. The van der Waals surface area contributed by atoms with Crippen LogP contribution in [0.3, 0.4) is 0 Å². The summed E-state index contributed by atoms with van der Waals surface area (Å²) in [6.45, 7) is 15.7. The minimum atomic E-state index is 0.0959. The standard InChI is InChI=1S/C19H31NO/c1-18(2,3)14-9-10-17(16(12-14)19(4,5)6)21-15-8-7-11-20-13-15/h9-10,12,15,20H,7-8,11,13H2,1-6H3/t15-/m0/s1. The Morgan fingerprint density at radius 3 is 2.29 bits per heavy atom. The Morgan fingerprint density at radius 2 is 1.76 bits per heavy atom. The highest BCUT2D eigenvalue weighted by molar-refractivity contribution is 5.43. The number of ether oxygens (including phenoxy) is 1. The maximum absolute atomic E-state index is 6.32. The van der Waals surface area contributed by atoms with Gasteiger partial charge in [0.15, 0.2) is 0 Å². The Morgan fingerprint density at radius 1 is 1.05 bits per heavy atom. The van der Waals surface area contributed by atoms with Crippen molar-refractivity contribution >= 4 is 0 Å². The summed E-state index contributed by atoms with van der Waals surface area (Å²) in [4.78, 5) is 0. The molecular formula is C19H31NO. The molecule has 0 bridgehead atoms. The van der Waals surface area contributed by atoms with Crippen LogP contribution in [-0.2, 0) is 10.8 Å². The second-order valence-electron chi connectivity index (χ2n) is 8.30. The summed E-state index contributed by atoms with van der Waals surface area (Å²) in [5, 5.41) is 3.42. The highest BCUT2D eigenvalue weighted by atomic mass is 16.5. The van der Waals surface area contributed by atoms with Crippen molar-refractivity contribution in [1.29, 1.82) is 0 Å². The largest absolute Gasteiger partial charge is 0.489 e. The quantitative estimate of drug-likeness (QED) is 0.870. The molecule has 118 valence electrons. The Balaban J connectivity index is 2.31. The Labute approximate surface area is 130 Å². The van der Waals surface area contributed by atoms with Crippen LogP contribution >= 0.6 is 0 Å². The molecule has 1 aromatic carbocycles. The molecule has 2 heteroatoms. The van der Waals surface area contributed by atoms with Crippen molar-refractivity contribution in [3.8, 4) is 5.75 Å². The number of rotatable bonds is 2. The van der Waals surface area contributed by atoms with E-state index in [-0.39, 0.29) is 10.8 Å². The molecule has 1 heterocycles. The van der Waals surface area contributed by atoms with Gasteiger partial charge in [0.2, 0.25) is 0 Å². The van der Waals surface area contributed by atoms with Gasteiger partial charge >= 0.3 is 0 Å². The molecule has 2 rings (SSSR count). The van der Waals surface area contributed by atoms with Gasteiger partial charge in [0, 0.05) is 6.54 Å². The van der Waals surface area contributed by atoms with Crippen molar-refractivity contribution in [2.75, 3.05) is 13.1 Å². The lowest BCUT2D eigenvalue weighted by atomic mass is 9.80. The average Bonchev–Trinajstić information content (AvgIpc) is 2.38. The zero-order valence-electron chi connectivity index (χ0n) is 14.5. The van der Waals surface area contributed by atoms with Crippen LogP contribution in [0, 0.1) is 0 Å². The van der Waals surface area contributed by atoms with Gasteiger partial charge in [-0.1, -0.05) is 53.7 Å². The third-order valence-electron chi connectivity index (χ3n) is 4.20. The second kappa shape index (κ2) is 6.00. The van der Waals surface area contributed by atoms with E-state index in [0.29, 0.717) is 6.10 Å². The topological polar surface area (TPSA) is 21.3 Å². The summed E-state index contributed by atoms with van der Waals surface area (Å²) in [7, 11) is 0. The molecule has 0 aliphatic carbocycles. The molecule has 1 saturated heterocycles. The zero-order valence-corrected chi connectivity index (χ0v) is 14.5. The summed E-state index contributed by atoms with van der Waals surface area (Å²) >= 11 is 0. The van der Waals surface area contributed by atoms with Gasteiger partial charge in [-0.2, -0.15) is 0 Å². The van der Waals surface area contributed by atoms with Gasteiger partial charge in [-0.15, -0.1) is 0 Å². The fourth-order valence-corrected chi connectivity index (χ4v) is 2.79. The molecule has 21 heavy (non-hydrogen) atoms. The lowest BCUT2D eigenvalue weighted by molar-refractivity contribution is 0.164. The van der Waals surface area contributed by atoms with Crippen LogP contribution in [0.25, 0.3) is 0 Å². The van der Waals surface area contributed by atoms with Crippen molar-refractivity contribution in [1.82, 2.24) is 5.32 Å². The summed E-state index contributed by atoms with van der Waals surface area (Å²) < 4.78 is 6.32. The third kappa shape index (κ3) is 4.23. The first-order valence-corrected chi connectivity index (χ1v) is 8.20. The minimum Gasteiger partial charge on any atom is -0.489 e. The van der Waals surface area contributed by atoms with E-state index in [1.807, 2.05) is 0 Å². The van der Waals surface area contributed by atoms with E-state index in [1.165, 1.54) is 17.5 Å². The highest BCUT2D eigenvalue weighted by Crippen LogP contribution is 2.36. The SMILES string of the molecule is CC(C)(C)c1ccc(O[C@H]2CCCNC2)c(C(C)(C)C)c1. The van der Waals surface area contributed by atoms with E-state index >= 15 is 0 Å². The number of piperidine rings is 1. The Hall–Kier alpha value is -1.02. The van der Waals surface area contributed by atoms with Crippen molar-refractivity contribution in [3.63, 3.8) is 0 Å². The number of hydrogen-bond acceptors (Lipinski definition) is 2. The van der Waals surface area contributed by atoms with E-state index in [1.54, 1.807) is 0 Å². The summed E-state index contributed by atoms with van der Waals surface area (Å²) in [5.74, 6) is 1.06. The maximum atomic E-state index is 6.32. The molecule has 1 aliphatic heterocycles. The van der Waals surface area contributed by atoms with E-state index in [9.17, 15) is 0 Å². The van der Waals surface area contributed by atoms with Crippen LogP contribution in [0.15, 0.2) is 18.2 Å². The highest BCUT2D eigenvalue weighted by Gasteiger charge is 2.25. The molecule has 1 N–H and O–H groups in total. The summed E-state index contributed by atoms with van der Waals surface area (Å²) in [6, 6.07) is 6.74. The normalized spacial score (nSPS) is 20.4. The van der Waals surface area contributed by atoms with Crippen LogP contribution < -0.4 is 10.1 Å². The number of benzene rings is 1. The molecule has 1 fully saturated rings. The zero-order chi connectivity index (χ0) is 15.7. The smallest absolute Gasteiger partial charge is 0.123 e. The molecule has 0 radical (unpaired) electrons. The van der Waals surface area contributed by atoms with Crippen molar-refractivity contribution in [2.45, 2.75) is 71.3 Å². The van der Waals surface area contributed by atoms with Crippen molar-refractivity contribution < 1.29 is 4.74 Å². The second-order valence-corrected chi connectivity index (χ2v) is 8.30. The molecule has 2 nitrogen and oxygen atoms in total. The van der Waals surface area contributed by atoms with Crippen LogP contribution in [0.5, 0.6) is 5.75 Å². The first-order valence-electron chi connectivity index (χ1n) is 8.20. The first kappa shape index (κ1) is 16.4. The van der Waals surface area contributed by atoms with Crippen molar-refractivity contribution in [3.05, 3.63) is 29.3 Å². The first-order chi connectivity index (χ1) is 9.68. The third-order valence-corrected chi connectivity index (χ3v) is 4.20. The van der Waals surface area contributed by atoms with Gasteiger partial charge in [-0.3, -0.25) is 0 Å². The average molecular weight is 289 g/mol. The molecule has 0 amide bonds. The Bertz CT molecular complexity index is 473. The molecule has 1 atom stereocenters.